The first-order valence-electron chi connectivity index (χ1n) is 9.49. The van der Waals surface area contributed by atoms with Crippen LogP contribution >= 0.6 is 34.7 Å². The third-order valence-electron chi connectivity index (χ3n) is 4.08. The lowest BCUT2D eigenvalue weighted by Crippen LogP contribution is -2.15. The zero-order chi connectivity index (χ0) is 21.7. The monoisotopic (exact) mass is 466 g/mol. The van der Waals surface area contributed by atoms with Crippen LogP contribution in [0.3, 0.4) is 0 Å². The Bertz CT molecular complexity index is 1010. The molecule has 3 aromatic rings. The molecule has 1 amide bonds. The lowest BCUT2D eigenvalue weighted by molar-refractivity contribution is -0.113. The molecule has 2 aromatic heterocycles. The number of ether oxygens (including phenoxy) is 1. The van der Waals surface area contributed by atoms with E-state index in [4.69, 9.17) is 16.3 Å². The Morgan fingerprint density at radius 3 is 2.67 bits per heavy atom. The molecule has 0 spiro atoms. The number of nitrogens with one attached hydrogen (secondary N) is 1. The Morgan fingerprint density at radius 1 is 1.23 bits per heavy atom. The van der Waals surface area contributed by atoms with E-state index >= 15 is 0 Å². The van der Waals surface area contributed by atoms with Crippen LogP contribution in [-0.2, 0) is 11.3 Å². The van der Waals surface area contributed by atoms with Gasteiger partial charge in [-0.25, -0.2) is 0 Å². The fourth-order valence-corrected chi connectivity index (χ4v) is 4.34. The molecule has 1 aromatic carbocycles. The molecule has 0 aliphatic heterocycles. The Balaban J connectivity index is 1.62. The second-order valence-corrected chi connectivity index (χ2v) is 9.07. The van der Waals surface area contributed by atoms with Gasteiger partial charge in [-0.15, -0.1) is 20.4 Å². The number of carbonyl (C=O) groups is 1. The summed E-state index contributed by atoms with van der Waals surface area (Å²) in [4.78, 5) is 12.3. The molecule has 0 aliphatic rings. The van der Waals surface area contributed by atoms with Crippen molar-refractivity contribution in [1.82, 2.24) is 25.0 Å². The van der Waals surface area contributed by atoms with Gasteiger partial charge < -0.3 is 9.30 Å². The highest BCUT2D eigenvalue weighted by molar-refractivity contribution is 7.99. The summed E-state index contributed by atoms with van der Waals surface area (Å²) in [5, 5.41) is 22.0. The highest BCUT2D eigenvalue weighted by Crippen LogP contribution is 2.29. The molecular formula is C19H23ClN6O2S2. The van der Waals surface area contributed by atoms with Crippen molar-refractivity contribution in [3.8, 4) is 5.75 Å². The third-order valence-corrected chi connectivity index (χ3v) is 6.50. The molecule has 2 heterocycles. The van der Waals surface area contributed by atoms with E-state index in [2.05, 4.69) is 25.7 Å². The second kappa shape index (κ2) is 10.2. The number of nitrogens with zero attached hydrogens (tertiary/aromatic N) is 5. The van der Waals surface area contributed by atoms with E-state index in [1.165, 1.54) is 23.1 Å². The van der Waals surface area contributed by atoms with Crippen LogP contribution in [-0.4, -0.2) is 36.6 Å². The molecule has 1 unspecified atom stereocenters. The number of aromatic nitrogens is 5. The van der Waals surface area contributed by atoms with Gasteiger partial charge in [0.15, 0.2) is 17.1 Å². The summed E-state index contributed by atoms with van der Waals surface area (Å²) in [5.41, 5.74) is 0. The Morgan fingerprint density at radius 2 is 2.00 bits per heavy atom. The first-order valence-corrected chi connectivity index (χ1v) is 11.7. The zero-order valence-corrected chi connectivity index (χ0v) is 19.5. The van der Waals surface area contributed by atoms with Crippen molar-refractivity contribution in [3.05, 3.63) is 40.1 Å². The van der Waals surface area contributed by atoms with Gasteiger partial charge in [0.25, 0.3) is 0 Å². The van der Waals surface area contributed by atoms with Gasteiger partial charge in [0, 0.05) is 12.5 Å². The van der Waals surface area contributed by atoms with Crippen LogP contribution in [0.4, 0.5) is 5.13 Å². The summed E-state index contributed by atoms with van der Waals surface area (Å²) in [5.74, 6) is 1.56. The van der Waals surface area contributed by atoms with Gasteiger partial charge in [-0.1, -0.05) is 60.7 Å². The number of para-hydroxylation sites is 1. The van der Waals surface area contributed by atoms with E-state index < -0.39 is 0 Å². The standard InChI is InChI=1S/C19H23ClN6O2S2/c1-5-26-16(12(4)28-14-9-7-6-8-13(14)20)22-25-19(26)29-10-15(27)21-18-24-23-17(30-18)11(2)3/h6-9,11-12H,5,10H2,1-4H3,(H,21,24,27). The van der Waals surface area contributed by atoms with Crippen molar-refractivity contribution in [2.75, 3.05) is 11.1 Å². The SMILES string of the molecule is CCn1c(SCC(=O)Nc2nnc(C(C)C)s2)nnc1C(C)Oc1ccccc1Cl. The Labute approximate surface area is 188 Å². The smallest absolute Gasteiger partial charge is 0.236 e. The van der Waals surface area contributed by atoms with Crippen molar-refractivity contribution < 1.29 is 9.53 Å². The van der Waals surface area contributed by atoms with E-state index in [1.54, 1.807) is 6.07 Å². The van der Waals surface area contributed by atoms with Gasteiger partial charge in [0.2, 0.25) is 11.0 Å². The number of anilines is 1. The zero-order valence-electron chi connectivity index (χ0n) is 17.1. The highest BCUT2D eigenvalue weighted by Gasteiger charge is 2.20. The Kier molecular flexibility index (Phi) is 7.68. The summed E-state index contributed by atoms with van der Waals surface area (Å²) < 4.78 is 7.89. The molecule has 0 fully saturated rings. The van der Waals surface area contributed by atoms with Gasteiger partial charge in [-0.05, 0) is 26.0 Å². The van der Waals surface area contributed by atoms with E-state index in [9.17, 15) is 4.79 Å². The summed E-state index contributed by atoms with van der Waals surface area (Å²) in [6, 6.07) is 7.29. The first kappa shape index (κ1) is 22.5. The number of carbonyl (C=O) groups excluding carboxylic acids is 1. The molecule has 0 saturated heterocycles. The van der Waals surface area contributed by atoms with Crippen molar-refractivity contribution in [2.24, 2.45) is 0 Å². The maximum absolute atomic E-state index is 12.3. The number of thioether (sulfide) groups is 1. The van der Waals surface area contributed by atoms with Gasteiger partial charge in [0.1, 0.15) is 10.8 Å². The average molecular weight is 467 g/mol. The van der Waals surface area contributed by atoms with E-state index in [1.807, 2.05) is 50.5 Å². The van der Waals surface area contributed by atoms with Crippen LogP contribution in [0.15, 0.2) is 29.4 Å². The number of hydrogen-bond donors (Lipinski definition) is 1. The number of rotatable bonds is 9. The van der Waals surface area contributed by atoms with Crippen molar-refractivity contribution in [3.63, 3.8) is 0 Å². The van der Waals surface area contributed by atoms with Gasteiger partial charge >= 0.3 is 0 Å². The van der Waals surface area contributed by atoms with Crippen LogP contribution in [0.1, 0.15) is 50.5 Å². The van der Waals surface area contributed by atoms with Crippen LogP contribution < -0.4 is 10.1 Å². The van der Waals surface area contributed by atoms with Crippen molar-refractivity contribution in [1.29, 1.82) is 0 Å². The Hall–Kier alpha value is -2.17. The minimum atomic E-state index is -0.351. The number of hydrogen-bond acceptors (Lipinski definition) is 8. The lowest BCUT2D eigenvalue weighted by atomic mass is 10.2. The van der Waals surface area contributed by atoms with Crippen LogP contribution in [0.25, 0.3) is 0 Å². The minimum absolute atomic E-state index is 0.168. The highest BCUT2D eigenvalue weighted by atomic mass is 35.5. The number of amides is 1. The summed E-state index contributed by atoms with van der Waals surface area (Å²) in [6.07, 6.45) is -0.351. The molecule has 160 valence electrons. The predicted molar refractivity (Wildman–Crippen MR) is 120 cm³/mol. The molecule has 1 N–H and O–H groups in total. The van der Waals surface area contributed by atoms with Gasteiger partial charge in [0.05, 0.1) is 10.8 Å². The number of halogens is 1. The van der Waals surface area contributed by atoms with Gasteiger partial charge in [-0.3, -0.25) is 10.1 Å². The van der Waals surface area contributed by atoms with E-state index in [0.29, 0.717) is 33.4 Å². The normalized spacial score (nSPS) is 12.2. The van der Waals surface area contributed by atoms with Crippen LogP contribution in [0.5, 0.6) is 5.75 Å². The summed E-state index contributed by atoms with van der Waals surface area (Å²) in [6.45, 7) is 8.61. The van der Waals surface area contributed by atoms with Crippen molar-refractivity contribution >= 4 is 45.7 Å². The lowest BCUT2D eigenvalue weighted by Gasteiger charge is -2.16. The average Bonchev–Trinajstić information content (AvgIpc) is 3.34. The molecule has 1 atom stereocenters. The summed E-state index contributed by atoms with van der Waals surface area (Å²) in [7, 11) is 0. The molecule has 11 heteroatoms. The van der Waals surface area contributed by atoms with Crippen LogP contribution in [0, 0.1) is 0 Å². The minimum Gasteiger partial charge on any atom is -0.481 e. The molecule has 0 aliphatic carbocycles. The van der Waals surface area contributed by atoms with E-state index in [0.717, 1.165) is 5.01 Å². The van der Waals surface area contributed by atoms with E-state index in [-0.39, 0.29) is 23.7 Å². The topological polar surface area (TPSA) is 94.8 Å². The maximum Gasteiger partial charge on any atom is 0.236 e. The van der Waals surface area contributed by atoms with Gasteiger partial charge in [-0.2, -0.15) is 0 Å². The molecule has 0 bridgehead atoms. The fourth-order valence-electron chi connectivity index (χ4n) is 2.59. The van der Waals surface area contributed by atoms with Crippen molar-refractivity contribution in [2.45, 2.75) is 51.4 Å². The maximum atomic E-state index is 12.3. The quantitative estimate of drug-likeness (QED) is 0.452. The molecule has 30 heavy (non-hydrogen) atoms. The fraction of sp³-hybridized carbons (Fsp3) is 0.421. The predicted octanol–water partition coefficient (Wildman–Crippen LogP) is 4.80. The molecule has 0 saturated carbocycles. The van der Waals surface area contributed by atoms with Crippen LogP contribution in [0.2, 0.25) is 5.02 Å². The largest absolute Gasteiger partial charge is 0.481 e. The number of benzene rings is 1. The summed E-state index contributed by atoms with van der Waals surface area (Å²) >= 11 is 8.88. The first-order chi connectivity index (χ1) is 14.4. The molecule has 3 rings (SSSR count). The molecule has 0 radical (unpaired) electrons. The third kappa shape index (κ3) is 5.50. The molecular weight excluding hydrogens is 444 g/mol. The second-order valence-electron chi connectivity index (χ2n) is 6.71. The molecule has 8 nitrogen and oxygen atoms in total.